The lowest BCUT2D eigenvalue weighted by molar-refractivity contribution is 0.694. The van der Waals surface area contributed by atoms with E-state index in [4.69, 9.17) is 17.3 Å². The summed E-state index contributed by atoms with van der Waals surface area (Å²) in [5.74, 6) is 0. The van der Waals surface area contributed by atoms with Crippen molar-refractivity contribution in [1.29, 1.82) is 0 Å². The van der Waals surface area contributed by atoms with Gasteiger partial charge in [-0.1, -0.05) is 17.7 Å². The van der Waals surface area contributed by atoms with Crippen molar-refractivity contribution in [1.82, 2.24) is 14.8 Å². The van der Waals surface area contributed by atoms with Gasteiger partial charge in [-0.05, 0) is 31.2 Å². The maximum Gasteiger partial charge on any atom is 0.0894 e. The van der Waals surface area contributed by atoms with Crippen molar-refractivity contribution in [2.45, 2.75) is 13.5 Å². The molecule has 0 saturated heterocycles. The molecule has 2 aromatic heterocycles. The van der Waals surface area contributed by atoms with E-state index in [9.17, 15) is 0 Å². The molecule has 0 aliphatic heterocycles. The highest BCUT2D eigenvalue weighted by molar-refractivity contribution is 6.35. The Balaban J connectivity index is 2.09. The number of benzene rings is 1. The topological polar surface area (TPSA) is 56.7 Å². The summed E-state index contributed by atoms with van der Waals surface area (Å²) < 4.78 is 1.83. The van der Waals surface area contributed by atoms with E-state index in [0.29, 0.717) is 17.3 Å². The molecule has 1 aromatic carbocycles. The van der Waals surface area contributed by atoms with Crippen LogP contribution < -0.4 is 5.73 Å². The Hall–Kier alpha value is -2.07. The number of hydrogen-bond donors (Lipinski definition) is 1. The minimum absolute atomic E-state index is 0.578. The molecule has 0 saturated carbocycles. The number of nitrogens with zero attached hydrogens (tertiary/aromatic N) is 3. The van der Waals surface area contributed by atoms with Crippen LogP contribution in [0.5, 0.6) is 0 Å². The van der Waals surface area contributed by atoms with Crippen molar-refractivity contribution in [3.63, 3.8) is 0 Å². The van der Waals surface area contributed by atoms with Crippen LogP contribution in [0.2, 0.25) is 5.02 Å². The molecule has 0 amide bonds. The van der Waals surface area contributed by atoms with Crippen molar-refractivity contribution in [2.75, 3.05) is 5.73 Å². The van der Waals surface area contributed by atoms with Gasteiger partial charge in [0, 0.05) is 16.8 Å². The predicted molar refractivity (Wildman–Crippen MR) is 77.2 cm³/mol. The molecule has 3 aromatic rings. The maximum atomic E-state index is 6.24. The van der Waals surface area contributed by atoms with E-state index in [0.717, 1.165) is 22.3 Å². The second-order valence-electron chi connectivity index (χ2n) is 4.47. The zero-order valence-electron chi connectivity index (χ0n) is 10.5. The van der Waals surface area contributed by atoms with Gasteiger partial charge < -0.3 is 5.73 Å². The van der Waals surface area contributed by atoms with E-state index in [1.165, 1.54) is 0 Å². The number of halogens is 1. The first-order valence-corrected chi connectivity index (χ1v) is 6.35. The Morgan fingerprint density at radius 2 is 2.11 bits per heavy atom. The lowest BCUT2D eigenvalue weighted by Crippen LogP contribution is -2.04. The first kappa shape index (κ1) is 12.0. The van der Waals surface area contributed by atoms with Gasteiger partial charge in [-0.15, -0.1) is 0 Å². The third-order valence-electron chi connectivity index (χ3n) is 3.04. The number of pyridine rings is 1. The molecule has 0 radical (unpaired) electrons. The average molecular weight is 273 g/mol. The minimum atomic E-state index is 0.578. The van der Waals surface area contributed by atoms with Gasteiger partial charge in [0.2, 0.25) is 0 Å². The molecule has 2 N–H and O–H groups in total. The Kier molecular flexibility index (Phi) is 2.87. The van der Waals surface area contributed by atoms with Crippen LogP contribution in [0.4, 0.5) is 5.69 Å². The zero-order valence-corrected chi connectivity index (χ0v) is 11.2. The molecule has 0 fully saturated rings. The van der Waals surface area contributed by atoms with E-state index in [1.807, 2.05) is 29.8 Å². The predicted octanol–water partition coefficient (Wildman–Crippen LogP) is 3.02. The van der Waals surface area contributed by atoms with Gasteiger partial charge in [0.1, 0.15) is 0 Å². The molecule has 0 atom stereocenters. The van der Waals surface area contributed by atoms with Crippen LogP contribution in [0.1, 0.15) is 11.4 Å². The first-order chi connectivity index (χ1) is 9.15. The quantitative estimate of drug-likeness (QED) is 0.730. The summed E-state index contributed by atoms with van der Waals surface area (Å²) in [6, 6.07) is 9.51. The van der Waals surface area contributed by atoms with Gasteiger partial charge in [0.25, 0.3) is 0 Å². The van der Waals surface area contributed by atoms with Gasteiger partial charge in [-0.2, -0.15) is 5.10 Å². The molecule has 2 heterocycles. The van der Waals surface area contributed by atoms with E-state index in [1.54, 1.807) is 18.3 Å². The summed E-state index contributed by atoms with van der Waals surface area (Å²) in [6.45, 7) is 2.55. The number of aryl methyl sites for hydroxylation is 1. The molecular formula is C14H13ClN4. The Labute approximate surface area is 115 Å². The summed E-state index contributed by atoms with van der Waals surface area (Å²) in [5, 5.41) is 5.88. The maximum absolute atomic E-state index is 6.24. The van der Waals surface area contributed by atoms with Crippen LogP contribution in [0.3, 0.4) is 0 Å². The molecule has 0 aliphatic carbocycles. The number of aromatic nitrogens is 3. The monoisotopic (exact) mass is 272 g/mol. The van der Waals surface area contributed by atoms with Crippen LogP contribution in [-0.2, 0) is 6.54 Å². The summed E-state index contributed by atoms with van der Waals surface area (Å²) in [6.07, 6.45) is 1.74. The summed E-state index contributed by atoms with van der Waals surface area (Å²) in [5.41, 5.74) is 9.40. The van der Waals surface area contributed by atoms with E-state index in [-0.39, 0.29) is 0 Å². The molecule has 0 spiro atoms. The van der Waals surface area contributed by atoms with E-state index >= 15 is 0 Å². The SMILES string of the molecule is Cc1cccc(Cn2ncc3c(N)ccc(Cl)c32)n1. The Morgan fingerprint density at radius 1 is 1.26 bits per heavy atom. The molecule has 96 valence electrons. The van der Waals surface area contributed by atoms with Crippen molar-refractivity contribution >= 4 is 28.2 Å². The number of nitrogen functional groups attached to an aromatic ring is 1. The molecule has 19 heavy (non-hydrogen) atoms. The third-order valence-corrected chi connectivity index (χ3v) is 3.35. The highest BCUT2D eigenvalue weighted by Crippen LogP contribution is 2.28. The molecule has 0 aliphatic rings. The number of hydrogen-bond acceptors (Lipinski definition) is 3. The Bertz CT molecular complexity index is 748. The smallest absolute Gasteiger partial charge is 0.0894 e. The van der Waals surface area contributed by atoms with Gasteiger partial charge in [0.15, 0.2) is 0 Å². The second kappa shape index (κ2) is 4.55. The van der Waals surface area contributed by atoms with Gasteiger partial charge in [0.05, 0.1) is 29.0 Å². The van der Waals surface area contributed by atoms with Gasteiger partial charge in [-0.3, -0.25) is 9.67 Å². The average Bonchev–Trinajstić information content (AvgIpc) is 2.79. The third kappa shape index (κ3) is 2.15. The Morgan fingerprint density at radius 3 is 2.89 bits per heavy atom. The van der Waals surface area contributed by atoms with Crippen molar-refractivity contribution in [3.8, 4) is 0 Å². The summed E-state index contributed by atoms with van der Waals surface area (Å²) in [7, 11) is 0. The number of nitrogens with two attached hydrogens (primary N) is 1. The number of anilines is 1. The fourth-order valence-corrected chi connectivity index (χ4v) is 2.40. The first-order valence-electron chi connectivity index (χ1n) is 5.97. The van der Waals surface area contributed by atoms with E-state index < -0.39 is 0 Å². The highest BCUT2D eigenvalue weighted by atomic mass is 35.5. The van der Waals surface area contributed by atoms with Crippen molar-refractivity contribution < 1.29 is 0 Å². The molecule has 5 heteroatoms. The molecule has 3 rings (SSSR count). The van der Waals surface area contributed by atoms with Crippen LogP contribution in [0.25, 0.3) is 10.9 Å². The standard InChI is InChI=1S/C14H13ClN4/c1-9-3-2-4-10(18-9)8-19-14-11(7-17-19)13(16)6-5-12(14)15/h2-7H,8,16H2,1H3. The zero-order chi connectivity index (χ0) is 13.4. The minimum Gasteiger partial charge on any atom is -0.398 e. The normalized spacial score (nSPS) is 11.1. The second-order valence-corrected chi connectivity index (χ2v) is 4.88. The van der Waals surface area contributed by atoms with Crippen LogP contribution >= 0.6 is 11.6 Å². The van der Waals surface area contributed by atoms with Crippen LogP contribution in [0, 0.1) is 6.92 Å². The van der Waals surface area contributed by atoms with E-state index in [2.05, 4.69) is 10.1 Å². The fourth-order valence-electron chi connectivity index (χ4n) is 2.14. The van der Waals surface area contributed by atoms with Gasteiger partial charge in [-0.25, -0.2) is 0 Å². The van der Waals surface area contributed by atoms with Crippen LogP contribution in [-0.4, -0.2) is 14.8 Å². The molecule has 0 unspecified atom stereocenters. The lowest BCUT2D eigenvalue weighted by Gasteiger charge is -2.06. The number of rotatable bonds is 2. The molecule has 4 nitrogen and oxygen atoms in total. The van der Waals surface area contributed by atoms with Crippen LogP contribution in [0.15, 0.2) is 36.5 Å². The molecular weight excluding hydrogens is 260 g/mol. The largest absolute Gasteiger partial charge is 0.398 e. The highest BCUT2D eigenvalue weighted by Gasteiger charge is 2.10. The lowest BCUT2D eigenvalue weighted by atomic mass is 10.2. The van der Waals surface area contributed by atoms with Gasteiger partial charge >= 0.3 is 0 Å². The number of fused-ring (bicyclic) bond motifs is 1. The summed E-state index contributed by atoms with van der Waals surface area (Å²) >= 11 is 6.24. The fraction of sp³-hybridized carbons (Fsp3) is 0.143. The summed E-state index contributed by atoms with van der Waals surface area (Å²) in [4.78, 5) is 4.47. The van der Waals surface area contributed by atoms with Crippen molar-refractivity contribution in [3.05, 3.63) is 52.9 Å². The molecule has 0 bridgehead atoms. The van der Waals surface area contributed by atoms with Crippen molar-refractivity contribution in [2.24, 2.45) is 0 Å².